The SMILES string of the molecule is CCCCCCCCCC/C=C/CCCC(O)C(O)C(CO)NC(=O)C(O)CCCCCCCCCC/C=C\CCCCCCCCCCCCCC. The first-order chi connectivity index (χ1) is 26.0. The molecular formula is C47H91NO5. The highest BCUT2D eigenvalue weighted by Gasteiger charge is 2.28. The summed E-state index contributed by atoms with van der Waals surface area (Å²) in [7, 11) is 0. The molecule has 0 heterocycles. The molecule has 1 amide bonds. The third-order valence-electron chi connectivity index (χ3n) is 10.9. The van der Waals surface area contributed by atoms with Crippen molar-refractivity contribution in [2.45, 2.75) is 263 Å². The van der Waals surface area contributed by atoms with E-state index in [1.807, 2.05) is 0 Å². The van der Waals surface area contributed by atoms with Gasteiger partial charge >= 0.3 is 0 Å². The molecule has 0 bridgehead atoms. The van der Waals surface area contributed by atoms with Gasteiger partial charge in [0.15, 0.2) is 0 Å². The molecule has 0 aliphatic rings. The summed E-state index contributed by atoms with van der Waals surface area (Å²) in [6.45, 7) is 4.04. The van der Waals surface area contributed by atoms with Gasteiger partial charge in [0.2, 0.25) is 5.91 Å². The molecule has 0 spiro atoms. The van der Waals surface area contributed by atoms with E-state index in [9.17, 15) is 25.2 Å². The highest BCUT2D eigenvalue weighted by Crippen LogP contribution is 2.16. The van der Waals surface area contributed by atoms with Crippen LogP contribution in [0.3, 0.4) is 0 Å². The second kappa shape index (κ2) is 41.9. The monoisotopic (exact) mass is 750 g/mol. The number of aliphatic hydroxyl groups is 4. The second-order valence-corrected chi connectivity index (χ2v) is 16.1. The molecule has 0 aliphatic carbocycles. The molecule has 5 N–H and O–H groups in total. The summed E-state index contributed by atoms with van der Waals surface area (Å²) >= 11 is 0. The fourth-order valence-electron chi connectivity index (χ4n) is 7.16. The Balaban J connectivity index is 3.70. The van der Waals surface area contributed by atoms with Gasteiger partial charge in [-0.1, -0.05) is 199 Å². The van der Waals surface area contributed by atoms with Gasteiger partial charge in [0.1, 0.15) is 12.2 Å². The maximum absolute atomic E-state index is 12.5. The standard InChI is InChI=1S/C47H91NO5/c1-3-5-7-9-11-13-15-17-18-19-20-21-22-23-24-25-26-27-29-31-33-35-37-39-41-45(51)47(53)48-43(42-49)46(52)44(50)40-38-36-34-32-30-28-16-14-12-10-8-6-4-2/h23-24,32,34,43-46,49-52H,3-22,25-31,33,35-42H2,1-2H3,(H,48,53)/b24-23-,34-32+. The predicted octanol–water partition coefficient (Wildman–Crippen LogP) is 12.4. The largest absolute Gasteiger partial charge is 0.394 e. The molecule has 0 aromatic rings. The van der Waals surface area contributed by atoms with Crippen molar-refractivity contribution in [1.29, 1.82) is 0 Å². The number of amides is 1. The van der Waals surface area contributed by atoms with E-state index < -0.39 is 36.9 Å². The molecule has 4 unspecified atom stereocenters. The molecule has 4 atom stereocenters. The molecule has 0 aromatic heterocycles. The molecule has 6 heteroatoms. The van der Waals surface area contributed by atoms with Crippen LogP contribution in [-0.4, -0.2) is 57.3 Å². The van der Waals surface area contributed by atoms with Gasteiger partial charge in [-0.05, 0) is 64.2 Å². The van der Waals surface area contributed by atoms with E-state index in [1.54, 1.807) is 0 Å². The van der Waals surface area contributed by atoms with Crippen molar-refractivity contribution in [2.75, 3.05) is 6.61 Å². The zero-order chi connectivity index (χ0) is 38.9. The Morgan fingerprint density at radius 2 is 0.774 bits per heavy atom. The summed E-state index contributed by atoms with van der Waals surface area (Å²) in [5, 5.41) is 43.6. The molecule has 0 rings (SSSR count). The van der Waals surface area contributed by atoms with Crippen LogP contribution in [0.5, 0.6) is 0 Å². The van der Waals surface area contributed by atoms with Gasteiger partial charge in [0.25, 0.3) is 0 Å². The van der Waals surface area contributed by atoms with Crippen molar-refractivity contribution in [3.05, 3.63) is 24.3 Å². The zero-order valence-corrected chi connectivity index (χ0v) is 35.3. The van der Waals surface area contributed by atoms with E-state index in [-0.39, 0.29) is 0 Å². The zero-order valence-electron chi connectivity index (χ0n) is 35.3. The van der Waals surface area contributed by atoms with E-state index in [4.69, 9.17) is 0 Å². The van der Waals surface area contributed by atoms with E-state index in [0.29, 0.717) is 12.8 Å². The fraction of sp³-hybridized carbons (Fsp3) is 0.894. The summed E-state index contributed by atoms with van der Waals surface area (Å²) in [5.41, 5.74) is 0. The Labute approximate surface area is 329 Å². The highest BCUT2D eigenvalue weighted by atomic mass is 16.3. The van der Waals surface area contributed by atoms with Crippen LogP contribution in [-0.2, 0) is 4.79 Å². The highest BCUT2D eigenvalue weighted by molar-refractivity contribution is 5.80. The van der Waals surface area contributed by atoms with Crippen LogP contribution in [0.2, 0.25) is 0 Å². The topological polar surface area (TPSA) is 110 Å². The predicted molar refractivity (Wildman–Crippen MR) is 228 cm³/mol. The molecular weight excluding hydrogens is 659 g/mol. The molecule has 53 heavy (non-hydrogen) atoms. The lowest BCUT2D eigenvalue weighted by molar-refractivity contribution is -0.132. The van der Waals surface area contributed by atoms with Crippen LogP contribution in [0.15, 0.2) is 24.3 Å². The number of aliphatic hydroxyl groups excluding tert-OH is 4. The Bertz CT molecular complexity index is 802. The molecule has 6 nitrogen and oxygen atoms in total. The van der Waals surface area contributed by atoms with Crippen molar-refractivity contribution in [3.8, 4) is 0 Å². The van der Waals surface area contributed by atoms with Crippen LogP contribution in [0.4, 0.5) is 0 Å². The Kier molecular flexibility index (Phi) is 41.0. The van der Waals surface area contributed by atoms with E-state index in [0.717, 1.165) is 38.5 Å². The normalized spacial score (nSPS) is 14.3. The minimum Gasteiger partial charge on any atom is -0.394 e. The molecule has 0 saturated heterocycles. The lowest BCUT2D eigenvalue weighted by atomic mass is 10.00. The van der Waals surface area contributed by atoms with E-state index >= 15 is 0 Å². The smallest absolute Gasteiger partial charge is 0.249 e. The van der Waals surface area contributed by atoms with Crippen molar-refractivity contribution in [1.82, 2.24) is 5.32 Å². The van der Waals surface area contributed by atoms with Gasteiger partial charge in [-0.3, -0.25) is 4.79 Å². The number of carbonyl (C=O) groups excluding carboxylic acids is 1. The number of carbonyl (C=O) groups is 1. The van der Waals surface area contributed by atoms with Gasteiger partial charge in [-0.15, -0.1) is 0 Å². The van der Waals surface area contributed by atoms with Gasteiger partial charge in [0.05, 0.1) is 18.8 Å². The third kappa shape index (κ3) is 36.2. The van der Waals surface area contributed by atoms with Crippen LogP contribution < -0.4 is 5.32 Å². The van der Waals surface area contributed by atoms with Crippen LogP contribution in [0.1, 0.15) is 239 Å². The average molecular weight is 750 g/mol. The van der Waals surface area contributed by atoms with Crippen LogP contribution in [0, 0.1) is 0 Å². The average Bonchev–Trinajstić information content (AvgIpc) is 3.16. The Morgan fingerprint density at radius 1 is 0.453 bits per heavy atom. The summed E-state index contributed by atoms with van der Waals surface area (Å²) in [6.07, 6.45) is 47.9. The number of nitrogens with one attached hydrogen (secondary N) is 1. The van der Waals surface area contributed by atoms with Crippen LogP contribution >= 0.6 is 0 Å². The minimum absolute atomic E-state index is 0.361. The molecule has 0 saturated carbocycles. The maximum Gasteiger partial charge on any atom is 0.249 e. The minimum atomic E-state index is -1.28. The molecule has 0 fully saturated rings. The molecule has 0 radical (unpaired) electrons. The number of rotatable bonds is 42. The number of hydrogen-bond acceptors (Lipinski definition) is 5. The van der Waals surface area contributed by atoms with E-state index in [1.165, 1.54) is 173 Å². The lowest BCUT2D eigenvalue weighted by Crippen LogP contribution is -2.53. The first-order valence-electron chi connectivity index (χ1n) is 23.2. The Morgan fingerprint density at radius 3 is 1.13 bits per heavy atom. The Hall–Kier alpha value is -1.21. The maximum atomic E-state index is 12.5. The van der Waals surface area contributed by atoms with E-state index in [2.05, 4.69) is 43.5 Å². The summed E-state index contributed by atoms with van der Waals surface area (Å²) in [6, 6.07) is -1.00. The van der Waals surface area contributed by atoms with Gasteiger partial charge in [0, 0.05) is 0 Å². The summed E-state index contributed by atoms with van der Waals surface area (Å²) in [4.78, 5) is 12.5. The second-order valence-electron chi connectivity index (χ2n) is 16.1. The van der Waals surface area contributed by atoms with Crippen LogP contribution in [0.25, 0.3) is 0 Å². The third-order valence-corrected chi connectivity index (χ3v) is 10.9. The first kappa shape index (κ1) is 51.8. The molecule has 0 aromatic carbocycles. The molecule has 0 aliphatic heterocycles. The number of allylic oxidation sites excluding steroid dienone is 4. The summed E-state index contributed by atoms with van der Waals surface area (Å²) < 4.78 is 0. The van der Waals surface area contributed by atoms with Crippen molar-refractivity contribution in [3.63, 3.8) is 0 Å². The quantitative estimate of drug-likeness (QED) is 0.0315. The van der Waals surface area contributed by atoms with Gasteiger partial charge < -0.3 is 25.7 Å². The number of unbranched alkanes of at least 4 members (excludes halogenated alkanes) is 29. The van der Waals surface area contributed by atoms with Crippen molar-refractivity contribution in [2.24, 2.45) is 0 Å². The lowest BCUT2D eigenvalue weighted by Gasteiger charge is -2.27. The fourth-order valence-corrected chi connectivity index (χ4v) is 7.16. The van der Waals surface area contributed by atoms with Crippen molar-refractivity contribution >= 4 is 5.91 Å². The van der Waals surface area contributed by atoms with Gasteiger partial charge in [-0.2, -0.15) is 0 Å². The van der Waals surface area contributed by atoms with Crippen molar-refractivity contribution < 1.29 is 25.2 Å². The summed E-state index contributed by atoms with van der Waals surface area (Å²) in [5.74, 6) is -0.595. The number of hydrogen-bond donors (Lipinski definition) is 5. The first-order valence-corrected chi connectivity index (χ1v) is 23.2. The van der Waals surface area contributed by atoms with Gasteiger partial charge in [-0.25, -0.2) is 0 Å². The molecule has 314 valence electrons.